The van der Waals surface area contributed by atoms with Crippen molar-refractivity contribution in [2.45, 2.75) is 59.0 Å². The Hall–Kier alpha value is -3.04. The van der Waals surface area contributed by atoms with Gasteiger partial charge in [-0.05, 0) is 50.8 Å². The topological polar surface area (TPSA) is 143 Å². The number of anilines is 2. The van der Waals surface area contributed by atoms with Gasteiger partial charge in [0.2, 0.25) is 0 Å². The van der Waals surface area contributed by atoms with Crippen molar-refractivity contribution in [1.29, 1.82) is 0 Å². The molecule has 1 fully saturated rings. The van der Waals surface area contributed by atoms with Crippen LogP contribution in [0, 0.1) is 0 Å². The van der Waals surface area contributed by atoms with E-state index in [-0.39, 0.29) is 12.4 Å². The molecule has 3 aromatic rings. The molecule has 0 aliphatic carbocycles. The monoisotopic (exact) mass is 715 g/mol. The Balaban J connectivity index is 0.944. The number of ether oxygens (including phenoxy) is 7. The van der Waals surface area contributed by atoms with Crippen molar-refractivity contribution in [2.24, 2.45) is 0 Å². The molecule has 1 saturated heterocycles. The molecule has 1 aliphatic heterocycles. The summed E-state index contributed by atoms with van der Waals surface area (Å²) in [7, 11) is 0. The van der Waals surface area contributed by atoms with Crippen LogP contribution in [-0.4, -0.2) is 138 Å². The molecular formula is C38H61N5O8. The summed E-state index contributed by atoms with van der Waals surface area (Å²) in [6.45, 7) is 18.6. The number of aryl methyl sites for hydroxylation is 1. The minimum absolute atomic E-state index is 0.237. The molecule has 0 atom stereocenters. The van der Waals surface area contributed by atoms with Crippen LogP contribution in [0.2, 0.25) is 0 Å². The maximum absolute atomic E-state index is 11.6. The number of esters is 1. The van der Waals surface area contributed by atoms with Gasteiger partial charge in [-0.25, -0.2) is 4.98 Å². The van der Waals surface area contributed by atoms with E-state index in [4.69, 9.17) is 43.9 Å². The molecule has 4 rings (SSSR count). The first kappa shape index (κ1) is 40.7. The number of rotatable bonds is 25. The van der Waals surface area contributed by atoms with E-state index in [0.717, 1.165) is 85.3 Å². The molecule has 3 N–H and O–H groups in total. The van der Waals surface area contributed by atoms with Crippen molar-refractivity contribution in [1.82, 2.24) is 14.9 Å². The Bertz CT molecular complexity index is 1440. The number of imidazole rings is 1. The predicted molar refractivity (Wildman–Crippen MR) is 201 cm³/mol. The SMILES string of the molecule is CCCCc1nc2c([nH]1)c(N)cc1ccc(N3CCN(CCOCCOCCOCCOCCOCCOCCC(=O)OC(C)(C)C)CC3)cc12. The number of fused-ring (bicyclic) bond motifs is 3. The van der Waals surface area contributed by atoms with Crippen molar-refractivity contribution in [2.75, 3.05) is 123 Å². The summed E-state index contributed by atoms with van der Waals surface area (Å²) in [6, 6.07) is 8.70. The van der Waals surface area contributed by atoms with Crippen molar-refractivity contribution in [3.8, 4) is 0 Å². The fourth-order valence-corrected chi connectivity index (χ4v) is 5.77. The molecule has 0 saturated carbocycles. The van der Waals surface area contributed by atoms with Gasteiger partial charge in [0.1, 0.15) is 11.4 Å². The maximum Gasteiger partial charge on any atom is 0.308 e. The van der Waals surface area contributed by atoms with Gasteiger partial charge >= 0.3 is 5.97 Å². The van der Waals surface area contributed by atoms with Crippen LogP contribution in [0.1, 0.15) is 52.8 Å². The average molecular weight is 716 g/mol. The second kappa shape index (κ2) is 22.1. The Kier molecular flexibility index (Phi) is 17.7. The fraction of sp³-hybridized carbons (Fsp3) is 0.684. The second-order valence-electron chi connectivity index (χ2n) is 13.7. The third-order valence-electron chi connectivity index (χ3n) is 8.43. The summed E-state index contributed by atoms with van der Waals surface area (Å²) in [4.78, 5) is 24.9. The molecule has 0 radical (unpaired) electrons. The molecule has 0 spiro atoms. The van der Waals surface area contributed by atoms with Crippen LogP contribution in [0.3, 0.4) is 0 Å². The number of unbranched alkanes of at least 4 members (excludes halogenated alkanes) is 1. The quantitative estimate of drug-likeness (QED) is 0.0720. The normalized spacial score (nSPS) is 14.2. The molecule has 1 aromatic heterocycles. The number of nitrogens with two attached hydrogens (primary N) is 1. The number of aromatic amines is 1. The van der Waals surface area contributed by atoms with Crippen LogP contribution in [0.15, 0.2) is 24.3 Å². The van der Waals surface area contributed by atoms with E-state index in [0.29, 0.717) is 79.3 Å². The molecule has 1 aliphatic rings. The van der Waals surface area contributed by atoms with Crippen molar-refractivity contribution in [3.63, 3.8) is 0 Å². The van der Waals surface area contributed by atoms with E-state index in [9.17, 15) is 4.79 Å². The van der Waals surface area contributed by atoms with E-state index >= 15 is 0 Å². The Morgan fingerprint density at radius 2 is 1.37 bits per heavy atom. The highest BCUT2D eigenvalue weighted by Crippen LogP contribution is 2.32. The van der Waals surface area contributed by atoms with Crippen LogP contribution in [-0.2, 0) is 44.4 Å². The second-order valence-corrected chi connectivity index (χ2v) is 13.7. The molecular weight excluding hydrogens is 654 g/mol. The van der Waals surface area contributed by atoms with E-state index in [1.165, 1.54) is 5.69 Å². The van der Waals surface area contributed by atoms with Gasteiger partial charge in [0.25, 0.3) is 0 Å². The number of carbonyl (C=O) groups excluding carboxylic acids is 1. The minimum Gasteiger partial charge on any atom is -0.460 e. The summed E-state index contributed by atoms with van der Waals surface area (Å²) in [6.07, 6.45) is 3.43. The lowest BCUT2D eigenvalue weighted by atomic mass is 10.1. The Morgan fingerprint density at radius 1 is 0.804 bits per heavy atom. The predicted octanol–water partition coefficient (Wildman–Crippen LogP) is 4.59. The van der Waals surface area contributed by atoms with Crippen molar-refractivity contribution < 1.29 is 38.0 Å². The first-order chi connectivity index (χ1) is 24.7. The molecule has 0 unspecified atom stereocenters. The highest BCUT2D eigenvalue weighted by Gasteiger charge is 2.19. The number of nitrogen functional groups attached to an aromatic ring is 1. The zero-order valence-corrected chi connectivity index (χ0v) is 31.3. The third-order valence-corrected chi connectivity index (χ3v) is 8.43. The molecule has 13 nitrogen and oxygen atoms in total. The van der Waals surface area contributed by atoms with E-state index < -0.39 is 5.60 Å². The highest BCUT2D eigenvalue weighted by molar-refractivity contribution is 6.10. The zero-order chi connectivity index (χ0) is 36.3. The van der Waals surface area contributed by atoms with Crippen LogP contribution < -0.4 is 10.6 Å². The number of H-pyrrole nitrogens is 1. The minimum atomic E-state index is -0.471. The summed E-state index contributed by atoms with van der Waals surface area (Å²) >= 11 is 0. The standard InChI is InChI=1S/C38H61N5O8/c1-5-6-7-34-40-36-32-29-31(9-8-30(32)28-33(39)37(36)41-34)43-13-11-42(12-14-43)15-17-46-19-21-48-23-25-50-27-26-49-24-22-47-20-18-45-16-10-35(44)51-38(2,3)4/h8-9,28-29H,5-7,10-27,39H2,1-4H3,(H,40,41). The zero-order valence-electron chi connectivity index (χ0n) is 31.3. The molecule has 0 amide bonds. The van der Waals surface area contributed by atoms with Gasteiger partial charge in [-0.3, -0.25) is 9.69 Å². The van der Waals surface area contributed by atoms with Crippen LogP contribution in [0.5, 0.6) is 0 Å². The summed E-state index contributed by atoms with van der Waals surface area (Å²) in [5.74, 6) is 0.755. The van der Waals surface area contributed by atoms with Crippen molar-refractivity contribution >= 4 is 39.1 Å². The average Bonchev–Trinajstić information content (AvgIpc) is 3.55. The molecule has 13 heteroatoms. The highest BCUT2D eigenvalue weighted by atomic mass is 16.6. The number of piperazine rings is 1. The number of hydrogen-bond donors (Lipinski definition) is 2. The number of aromatic nitrogens is 2. The van der Waals surface area contributed by atoms with Crippen LogP contribution in [0.4, 0.5) is 11.4 Å². The number of hydrogen-bond acceptors (Lipinski definition) is 12. The maximum atomic E-state index is 11.6. The van der Waals surface area contributed by atoms with Crippen LogP contribution in [0.25, 0.3) is 21.8 Å². The number of benzene rings is 2. The number of carbonyl (C=O) groups is 1. The van der Waals surface area contributed by atoms with Gasteiger partial charge in [0.05, 0.1) is 102 Å². The summed E-state index contributed by atoms with van der Waals surface area (Å²) in [5.41, 5.74) is 9.81. The fourth-order valence-electron chi connectivity index (χ4n) is 5.77. The first-order valence-corrected chi connectivity index (χ1v) is 18.6. The van der Waals surface area contributed by atoms with Gasteiger partial charge in [0.15, 0.2) is 0 Å². The van der Waals surface area contributed by atoms with Gasteiger partial charge < -0.3 is 48.8 Å². The van der Waals surface area contributed by atoms with Gasteiger partial charge in [-0.1, -0.05) is 19.4 Å². The van der Waals surface area contributed by atoms with Crippen molar-refractivity contribution in [3.05, 3.63) is 30.1 Å². The smallest absolute Gasteiger partial charge is 0.308 e. The van der Waals surface area contributed by atoms with Gasteiger partial charge in [0, 0.05) is 50.2 Å². The Labute approximate surface area is 303 Å². The molecule has 286 valence electrons. The summed E-state index contributed by atoms with van der Waals surface area (Å²) in [5, 5.41) is 2.28. The van der Waals surface area contributed by atoms with Crippen LogP contribution >= 0.6 is 0 Å². The molecule has 2 aromatic carbocycles. The van der Waals surface area contributed by atoms with Gasteiger partial charge in [-0.15, -0.1) is 0 Å². The molecule has 0 bridgehead atoms. The van der Waals surface area contributed by atoms with E-state index in [1.54, 1.807) is 0 Å². The van der Waals surface area contributed by atoms with E-state index in [2.05, 4.69) is 46.0 Å². The lowest BCUT2D eigenvalue weighted by Gasteiger charge is -2.36. The summed E-state index contributed by atoms with van der Waals surface area (Å²) < 4.78 is 38.6. The number of nitrogens with one attached hydrogen (secondary N) is 1. The first-order valence-electron chi connectivity index (χ1n) is 18.6. The third kappa shape index (κ3) is 14.8. The van der Waals surface area contributed by atoms with Gasteiger partial charge in [-0.2, -0.15) is 0 Å². The van der Waals surface area contributed by atoms with E-state index in [1.807, 2.05) is 20.8 Å². The Morgan fingerprint density at radius 3 is 1.94 bits per heavy atom. The largest absolute Gasteiger partial charge is 0.460 e. The lowest BCUT2D eigenvalue weighted by molar-refractivity contribution is -0.156. The molecule has 51 heavy (non-hydrogen) atoms. The number of nitrogens with zero attached hydrogens (tertiary/aromatic N) is 3. The lowest BCUT2D eigenvalue weighted by Crippen LogP contribution is -2.47. The molecule has 2 heterocycles.